The summed E-state index contributed by atoms with van der Waals surface area (Å²) in [5.41, 5.74) is 1.40. The first-order chi connectivity index (χ1) is 8.40. The Kier molecular flexibility index (Phi) is 3.12. The molecule has 0 spiro atoms. The molecule has 1 aliphatic carbocycles. The Hall–Kier alpha value is -0.930. The molecular formula is C14H21N3. The molecule has 0 radical (unpaired) electrons. The molecule has 1 aliphatic heterocycles. The average Bonchev–Trinajstić information content (AvgIpc) is 3.13. The molecule has 2 unspecified atom stereocenters. The number of hydrogen-bond acceptors (Lipinski definition) is 3. The molecule has 0 bridgehead atoms. The zero-order valence-electron chi connectivity index (χ0n) is 10.5. The van der Waals surface area contributed by atoms with Crippen LogP contribution in [-0.4, -0.2) is 36.1 Å². The largest absolute Gasteiger partial charge is 0.319 e. The van der Waals surface area contributed by atoms with Crippen molar-refractivity contribution in [2.45, 2.75) is 31.3 Å². The molecule has 2 atom stereocenters. The van der Waals surface area contributed by atoms with Crippen molar-refractivity contribution in [1.29, 1.82) is 0 Å². The van der Waals surface area contributed by atoms with Crippen LogP contribution >= 0.6 is 0 Å². The van der Waals surface area contributed by atoms with Crippen molar-refractivity contribution in [2.75, 3.05) is 20.1 Å². The normalized spacial score (nSPS) is 29.7. The van der Waals surface area contributed by atoms with Gasteiger partial charge in [-0.25, -0.2) is 0 Å². The van der Waals surface area contributed by atoms with Gasteiger partial charge in [-0.1, -0.05) is 6.07 Å². The Labute approximate surface area is 103 Å². The monoisotopic (exact) mass is 231 g/mol. The molecule has 0 aromatic carbocycles. The van der Waals surface area contributed by atoms with E-state index in [-0.39, 0.29) is 0 Å². The Morgan fingerprint density at radius 1 is 1.41 bits per heavy atom. The minimum atomic E-state index is 0.587. The first-order valence-corrected chi connectivity index (χ1v) is 6.70. The van der Waals surface area contributed by atoms with Crippen LogP contribution in [0.25, 0.3) is 0 Å². The topological polar surface area (TPSA) is 28.2 Å². The van der Waals surface area contributed by atoms with Crippen molar-refractivity contribution in [1.82, 2.24) is 15.2 Å². The summed E-state index contributed by atoms with van der Waals surface area (Å²) in [5, 5.41) is 3.34. The van der Waals surface area contributed by atoms with Crippen LogP contribution in [0.1, 0.15) is 30.9 Å². The molecule has 2 aliphatic rings. The number of hydrogen-bond donors (Lipinski definition) is 1. The van der Waals surface area contributed by atoms with E-state index in [0.717, 1.165) is 18.5 Å². The summed E-state index contributed by atoms with van der Waals surface area (Å²) >= 11 is 0. The first-order valence-electron chi connectivity index (χ1n) is 6.70. The van der Waals surface area contributed by atoms with Crippen LogP contribution in [0, 0.1) is 5.92 Å². The molecule has 2 heterocycles. The second kappa shape index (κ2) is 4.75. The molecule has 3 rings (SSSR count). The highest BCUT2D eigenvalue weighted by atomic mass is 15.2. The van der Waals surface area contributed by atoms with Gasteiger partial charge in [-0.15, -0.1) is 0 Å². The zero-order chi connectivity index (χ0) is 11.7. The third-order valence-electron chi connectivity index (χ3n) is 4.07. The fraction of sp³-hybridized carbons (Fsp3) is 0.643. The SMILES string of the molecule is CNCC1CCN(C2CC2)C1c1cccnc1. The lowest BCUT2D eigenvalue weighted by Crippen LogP contribution is -2.30. The lowest BCUT2D eigenvalue weighted by molar-refractivity contribution is 0.217. The maximum atomic E-state index is 4.29. The second-order valence-corrected chi connectivity index (χ2v) is 5.31. The lowest BCUT2D eigenvalue weighted by atomic mass is 9.94. The van der Waals surface area contributed by atoms with Crippen LogP contribution in [0.4, 0.5) is 0 Å². The minimum Gasteiger partial charge on any atom is -0.319 e. The fourth-order valence-electron chi connectivity index (χ4n) is 3.19. The summed E-state index contributed by atoms with van der Waals surface area (Å²) in [6, 6.07) is 5.74. The predicted octanol–water partition coefficient (Wildman–Crippen LogP) is 1.83. The fourth-order valence-corrected chi connectivity index (χ4v) is 3.19. The van der Waals surface area contributed by atoms with Crippen LogP contribution in [0.2, 0.25) is 0 Å². The van der Waals surface area contributed by atoms with Gasteiger partial charge in [0, 0.05) is 24.5 Å². The number of likely N-dealkylation sites (tertiary alicyclic amines) is 1. The van der Waals surface area contributed by atoms with Gasteiger partial charge in [-0.05, 0) is 56.9 Å². The van der Waals surface area contributed by atoms with E-state index in [1.165, 1.54) is 31.4 Å². The quantitative estimate of drug-likeness (QED) is 0.857. The number of aromatic nitrogens is 1. The molecular weight excluding hydrogens is 210 g/mol. The molecule has 1 aromatic rings. The predicted molar refractivity (Wildman–Crippen MR) is 68.7 cm³/mol. The molecule has 1 saturated carbocycles. The van der Waals surface area contributed by atoms with Crippen LogP contribution in [-0.2, 0) is 0 Å². The van der Waals surface area contributed by atoms with Gasteiger partial charge in [0.15, 0.2) is 0 Å². The van der Waals surface area contributed by atoms with E-state index in [1.54, 1.807) is 0 Å². The van der Waals surface area contributed by atoms with Gasteiger partial charge in [0.1, 0.15) is 0 Å². The van der Waals surface area contributed by atoms with Crippen molar-refractivity contribution < 1.29 is 0 Å². The second-order valence-electron chi connectivity index (χ2n) is 5.31. The Morgan fingerprint density at radius 3 is 2.94 bits per heavy atom. The smallest absolute Gasteiger partial charge is 0.0407 e. The van der Waals surface area contributed by atoms with E-state index >= 15 is 0 Å². The summed E-state index contributed by atoms with van der Waals surface area (Å²) in [6.07, 6.45) is 8.02. The summed E-state index contributed by atoms with van der Waals surface area (Å²) in [6.45, 7) is 2.37. The molecule has 1 N–H and O–H groups in total. The summed E-state index contributed by atoms with van der Waals surface area (Å²) in [5.74, 6) is 0.741. The number of rotatable bonds is 4. The van der Waals surface area contributed by atoms with Gasteiger partial charge in [-0.2, -0.15) is 0 Å². The summed E-state index contributed by atoms with van der Waals surface area (Å²) < 4.78 is 0. The minimum absolute atomic E-state index is 0.587. The highest BCUT2D eigenvalue weighted by Gasteiger charge is 2.42. The maximum Gasteiger partial charge on any atom is 0.0407 e. The van der Waals surface area contributed by atoms with Crippen LogP contribution < -0.4 is 5.32 Å². The Bertz CT molecular complexity index is 361. The third kappa shape index (κ3) is 2.22. The van der Waals surface area contributed by atoms with E-state index in [4.69, 9.17) is 0 Å². The summed E-state index contributed by atoms with van der Waals surface area (Å²) in [7, 11) is 2.06. The van der Waals surface area contributed by atoms with Crippen LogP contribution in [0.3, 0.4) is 0 Å². The van der Waals surface area contributed by atoms with Gasteiger partial charge in [-0.3, -0.25) is 9.88 Å². The standard InChI is InChI=1S/C14H21N3/c1-15-9-12-6-8-17(13-4-5-13)14(12)11-3-2-7-16-10-11/h2-3,7,10,12-15H,4-6,8-9H2,1H3. The average molecular weight is 231 g/mol. The molecule has 0 amide bonds. The molecule has 2 fully saturated rings. The van der Waals surface area contributed by atoms with E-state index in [2.05, 4.69) is 34.4 Å². The highest BCUT2D eigenvalue weighted by molar-refractivity contribution is 5.18. The third-order valence-corrected chi connectivity index (χ3v) is 4.07. The van der Waals surface area contributed by atoms with Crippen molar-refractivity contribution in [3.05, 3.63) is 30.1 Å². The molecule has 1 saturated heterocycles. The van der Waals surface area contributed by atoms with Crippen LogP contribution in [0.15, 0.2) is 24.5 Å². The molecule has 3 nitrogen and oxygen atoms in total. The van der Waals surface area contributed by atoms with Gasteiger partial charge >= 0.3 is 0 Å². The first kappa shape index (κ1) is 11.2. The lowest BCUT2D eigenvalue weighted by Gasteiger charge is -2.28. The van der Waals surface area contributed by atoms with Gasteiger partial charge in [0.05, 0.1) is 0 Å². The van der Waals surface area contributed by atoms with Gasteiger partial charge < -0.3 is 5.32 Å². The summed E-state index contributed by atoms with van der Waals surface area (Å²) in [4.78, 5) is 7.00. The number of nitrogens with zero attached hydrogens (tertiary/aromatic N) is 2. The van der Waals surface area contributed by atoms with Crippen molar-refractivity contribution in [3.8, 4) is 0 Å². The molecule has 92 valence electrons. The number of pyridine rings is 1. The zero-order valence-corrected chi connectivity index (χ0v) is 10.5. The van der Waals surface area contributed by atoms with Crippen molar-refractivity contribution >= 4 is 0 Å². The van der Waals surface area contributed by atoms with E-state index < -0.39 is 0 Å². The van der Waals surface area contributed by atoms with E-state index in [1.807, 2.05) is 12.4 Å². The van der Waals surface area contributed by atoms with Crippen LogP contribution in [0.5, 0.6) is 0 Å². The molecule has 1 aromatic heterocycles. The Balaban J connectivity index is 1.84. The van der Waals surface area contributed by atoms with E-state index in [9.17, 15) is 0 Å². The number of nitrogens with one attached hydrogen (secondary N) is 1. The highest BCUT2D eigenvalue weighted by Crippen LogP contribution is 2.43. The Morgan fingerprint density at radius 2 is 2.29 bits per heavy atom. The maximum absolute atomic E-state index is 4.29. The van der Waals surface area contributed by atoms with Crippen molar-refractivity contribution in [2.24, 2.45) is 5.92 Å². The van der Waals surface area contributed by atoms with Gasteiger partial charge in [0.25, 0.3) is 0 Å². The van der Waals surface area contributed by atoms with Crippen molar-refractivity contribution in [3.63, 3.8) is 0 Å². The molecule has 17 heavy (non-hydrogen) atoms. The van der Waals surface area contributed by atoms with E-state index in [0.29, 0.717) is 6.04 Å². The molecule has 3 heteroatoms. The van der Waals surface area contributed by atoms with Gasteiger partial charge in [0.2, 0.25) is 0 Å².